The van der Waals surface area contributed by atoms with Crippen molar-refractivity contribution in [2.24, 2.45) is 0 Å². The van der Waals surface area contributed by atoms with Gasteiger partial charge in [0.15, 0.2) is 0 Å². The molecule has 54 heavy (non-hydrogen) atoms. The summed E-state index contributed by atoms with van der Waals surface area (Å²) in [5.74, 6) is -0.628. The molecule has 13 nitrogen and oxygen atoms in total. The fraction of sp³-hybridized carbons (Fsp3) is 0.775. The molecular formula is C40H72NO12P. The number of aliphatic hydroxyl groups is 7. The lowest BCUT2D eigenvalue weighted by Crippen LogP contribution is -2.64. The highest BCUT2D eigenvalue weighted by Crippen LogP contribution is 2.47. The quantitative estimate of drug-likeness (QED) is 0.0251. The lowest BCUT2D eigenvalue weighted by atomic mass is 9.85. The van der Waals surface area contributed by atoms with E-state index < -0.39 is 75.2 Å². The van der Waals surface area contributed by atoms with Crippen molar-refractivity contribution in [2.75, 3.05) is 6.61 Å². The molecule has 0 aromatic rings. The zero-order valence-electron chi connectivity index (χ0n) is 32.6. The van der Waals surface area contributed by atoms with Crippen LogP contribution < -0.4 is 5.32 Å². The van der Waals surface area contributed by atoms with Crippen molar-refractivity contribution in [2.45, 2.75) is 191 Å². The summed E-state index contributed by atoms with van der Waals surface area (Å²) < 4.78 is 22.7. The zero-order valence-corrected chi connectivity index (χ0v) is 33.5. The van der Waals surface area contributed by atoms with E-state index in [0.717, 1.165) is 38.5 Å². The third kappa shape index (κ3) is 22.7. The van der Waals surface area contributed by atoms with Gasteiger partial charge in [0.25, 0.3) is 0 Å². The van der Waals surface area contributed by atoms with Crippen LogP contribution in [0.25, 0.3) is 0 Å². The molecule has 8 unspecified atom stereocenters. The Morgan fingerprint density at radius 3 is 1.67 bits per heavy atom. The monoisotopic (exact) mass is 789 g/mol. The predicted molar refractivity (Wildman–Crippen MR) is 210 cm³/mol. The van der Waals surface area contributed by atoms with Gasteiger partial charge in [0, 0.05) is 0 Å². The van der Waals surface area contributed by atoms with E-state index in [1.165, 1.54) is 57.4 Å². The van der Waals surface area contributed by atoms with Crippen molar-refractivity contribution in [3.8, 4) is 0 Å². The standard InChI is InChI=1S/C40H72NO12P/c1-3-5-7-9-11-13-15-16-18-20-22-24-26-28-33(43)32(30-52-54(50,51)53-40-38(48)36(46)35(45)37(47)39(40)49)41-34(44)29-31(42)27-25-23-21-19-17-14-12-10-8-6-4-2/h11,13,18-21,26,28,31-33,35-40,42-43,45-49H,3-10,12,14-17,22-25,27,29-30H2,1-2H3,(H,41,44)(H,50,51)/b13-11+,20-18+,21-19-,28-26+. The van der Waals surface area contributed by atoms with Gasteiger partial charge in [-0.3, -0.25) is 13.8 Å². The van der Waals surface area contributed by atoms with Crippen molar-refractivity contribution in [1.29, 1.82) is 0 Å². The Morgan fingerprint density at radius 2 is 1.09 bits per heavy atom. The number of rotatable bonds is 31. The van der Waals surface area contributed by atoms with Crippen LogP contribution in [0, 0.1) is 0 Å². The zero-order chi connectivity index (χ0) is 40.2. The molecule has 1 fully saturated rings. The highest BCUT2D eigenvalue weighted by atomic mass is 31.2. The van der Waals surface area contributed by atoms with Gasteiger partial charge in [-0.25, -0.2) is 4.57 Å². The fourth-order valence-corrected chi connectivity index (χ4v) is 6.94. The smallest absolute Gasteiger partial charge is 0.393 e. The first kappa shape index (κ1) is 50.3. The van der Waals surface area contributed by atoms with Crippen molar-refractivity contribution >= 4 is 13.7 Å². The van der Waals surface area contributed by atoms with E-state index in [1.807, 2.05) is 6.08 Å². The van der Waals surface area contributed by atoms with E-state index in [9.17, 15) is 50.0 Å². The van der Waals surface area contributed by atoms with E-state index in [1.54, 1.807) is 6.08 Å². The van der Waals surface area contributed by atoms with Crippen molar-refractivity contribution in [3.05, 3.63) is 48.6 Å². The fourth-order valence-electron chi connectivity index (χ4n) is 5.98. The average molecular weight is 790 g/mol. The lowest BCUT2D eigenvalue weighted by molar-refractivity contribution is -0.220. The maximum atomic E-state index is 12.9. The molecule has 9 N–H and O–H groups in total. The Bertz CT molecular complexity index is 1120. The summed E-state index contributed by atoms with van der Waals surface area (Å²) in [6.45, 7) is 3.62. The largest absolute Gasteiger partial charge is 0.472 e. The number of allylic oxidation sites excluding steroid dienone is 7. The van der Waals surface area contributed by atoms with Crippen LogP contribution in [0.1, 0.15) is 136 Å². The molecule has 0 heterocycles. The Kier molecular flexibility index (Phi) is 28.3. The van der Waals surface area contributed by atoms with Gasteiger partial charge in [0.05, 0.1) is 31.3 Å². The minimum atomic E-state index is -5.15. The second-order valence-corrected chi connectivity index (χ2v) is 15.7. The number of unbranched alkanes of at least 4 members (excludes halogenated alkanes) is 12. The molecule has 0 radical (unpaired) electrons. The van der Waals surface area contributed by atoms with Crippen molar-refractivity contribution in [1.82, 2.24) is 5.32 Å². The van der Waals surface area contributed by atoms with Gasteiger partial charge in [-0.2, -0.15) is 0 Å². The molecule has 0 aromatic carbocycles. The topological polar surface area (TPSA) is 226 Å². The second kappa shape index (κ2) is 30.4. The highest BCUT2D eigenvalue weighted by molar-refractivity contribution is 7.47. The number of nitrogens with one attached hydrogen (secondary N) is 1. The maximum Gasteiger partial charge on any atom is 0.472 e. The van der Waals surface area contributed by atoms with Crippen LogP contribution in [0.15, 0.2) is 48.6 Å². The SMILES string of the molecule is CCCCC/C=C/CC/C=C/CC/C=C/C(O)C(COP(=O)(O)OC1C(O)C(O)C(O)C(O)C1O)NC(=O)CC(O)CCC/C=C\CCCCCCCC. The first-order chi connectivity index (χ1) is 25.8. The van der Waals surface area contributed by atoms with Gasteiger partial charge in [0.2, 0.25) is 5.91 Å². The Morgan fingerprint density at radius 1 is 0.648 bits per heavy atom. The van der Waals surface area contributed by atoms with E-state index in [2.05, 4.69) is 49.5 Å². The van der Waals surface area contributed by atoms with Crippen LogP contribution in [0.3, 0.4) is 0 Å². The van der Waals surface area contributed by atoms with Crippen LogP contribution >= 0.6 is 7.82 Å². The molecule has 1 rings (SSSR count). The third-order valence-corrected chi connectivity index (χ3v) is 10.3. The summed E-state index contributed by atoms with van der Waals surface area (Å²) in [6.07, 6.45) is 19.4. The van der Waals surface area contributed by atoms with Crippen LogP contribution in [-0.4, -0.2) is 108 Å². The third-order valence-electron chi connectivity index (χ3n) is 9.36. The Hall–Kier alpha value is -1.74. The average Bonchev–Trinajstić information content (AvgIpc) is 3.14. The van der Waals surface area contributed by atoms with Crippen molar-refractivity contribution < 1.29 is 59.0 Å². The van der Waals surface area contributed by atoms with Gasteiger partial charge in [-0.15, -0.1) is 0 Å². The first-order valence-corrected chi connectivity index (χ1v) is 21.7. The molecule has 0 bridgehead atoms. The molecule has 1 aliphatic rings. The normalized spacial score (nSPS) is 25.1. The molecule has 8 atom stereocenters. The minimum absolute atomic E-state index is 0.279. The van der Waals surface area contributed by atoms with Gasteiger partial charge in [-0.1, -0.05) is 107 Å². The molecule has 0 spiro atoms. The minimum Gasteiger partial charge on any atom is -0.393 e. The summed E-state index contributed by atoms with van der Waals surface area (Å²) in [5, 5.41) is 74.0. The van der Waals surface area contributed by atoms with Crippen LogP contribution in [-0.2, 0) is 18.4 Å². The summed E-state index contributed by atoms with van der Waals surface area (Å²) in [5.41, 5.74) is 0. The van der Waals surface area contributed by atoms with Gasteiger partial charge >= 0.3 is 7.82 Å². The number of carbonyl (C=O) groups is 1. The number of carbonyl (C=O) groups excluding carboxylic acids is 1. The molecule has 314 valence electrons. The van der Waals surface area contributed by atoms with E-state index in [-0.39, 0.29) is 6.42 Å². The summed E-state index contributed by atoms with van der Waals surface area (Å²) in [7, 11) is -5.15. The van der Waals surface area contributed by atoms with Crippen LogP contribution in [0.5, 0.6) is 0 Å². The number of hydrogen-bond donors (Lipinski definition) is 9. The van der Waals surface area contributed by atoms with Gasteiger partial charge in [-0.05, 0) is 70.6 Å². The molecule has 1 amide bonds. The first-order valence-electron chi connectivity index (χ1n) is 20.2. The number of phosphoric acid groups is 1. The summed E-state index contributed by atoms with van der Waals surface area (Å²) >= 11 is 0. The van der Waals surface area contributed by atoms with E-state index >= 15 is 0 Å². The number of aliphatic hydroxyl groups excluding tert-OH is 7. The molecule has 0 aromatic heterocycles. The maximum absolute atomic E-state index is 12.9. The van der Waals surface area contributed by atoms with E-state index in [0.29, 0.717) is 25.7 Å². The molecular weight excluding hydrogens is 717 g/mol. The second-order valence-electron chi connectivity index (χ2n) is 14.3. The summed E-state index contributed by atoms with van der Waals surface area (Å²) in [4.78, 5) is 23.3. The predicted octanol–water partition coefficient (Wildman–Crippen LogP) is 5.19. The number of hydrogen-bond acceptors (Lipinski definition) is 11. The van der Waals surface area contributed by atoms with Crippen LogP contribution in [0.4, 0.5) is 0 Å². The van der Waals surface area contributed by atoms with E-state index in [4.69, 9.17) is 9.05 Å². The molecule has 14 heteroatoms. The number of phosphoric ester groups is 1. The van der Waals surface area contributed by atoms with Gasteiger partial charge < -0.3 is 46.0 Å². The Labute approximate surface area is 323 Å². The van der Waals surface area contributed by atoms with Crippen LogP contribution in [0.2, 0.25) is 0 Å². The molecule has 1 aliphatic carbocycles. The molecule has 0 aliphatic heterocycles. The lowest BCUT2D eigenvalue weighted by Gasteiger charge is -2.41. The van der Waals surface area contributed by atoms with Gasteiger partial charge in [0.1, 0.15) is 36.6 Å². The highest BCUT2D eigenvalue weighted by Gasteiger charge is 2.51. The summed E-state index contributed by atoms with van der Waals surface area (Å²) in [6, 6.07) is -1.27. The molecule has 1 saturated carbocycles. The van der Waals surface area contributed by atoms with Crippen molar-refractivity contribution in [3.63, 3.8) is 0 Å². The number of amides is 1. The Balaban J connectivity index is 2.71. The molecule has 0 saturated heterocycles.